The molecule has 0 aliphatic carbocycles. The third-order valence-electron chi connectivity index (χ3n) is 3.65. The van der Waals surface area contributed by atoms with E-state index in [1.165, 1.54) is 4.52 Å². The van der Waals surface area contributed by atoms with Crippen molar-refractivity contribution in [2.45, 2.75) is 12.8 Å². The zero-order chi connectivity index (χ0) is 16.0. The summed E-state index contributed by atoms with van der Waals surface area (Å²) in [5, 5.41) is 4.06. The first-order valence-electron chi connectivity index (χ1n) is 6.97. The van der Waals surface area contributed by atoms with E-state index in [2.05, 4.69) is 15.1 Å². The van der Waals surface area contributed by atoms with Crippen LogP contribution in [0, 0.1) is 0 Å². The van der Waals surface area contributed by atoms with Crippen molar-refractivity contribution < 1.29 is 8.78 Å². The Morgan fingerprint density at radius 1 is 1.17 bits per heavy atom. The predicted octanol–water partition coefficient (Wildman–Crippen LogP) is 2.43. The Labute approximate surface area is 129 Å². The van der Waals surface area contributed by atoms with E-state index in [0.717, 1.165) is 16.8 Å². The number of anilines is 1. The van der Waals surface area contributed by atoms with Gasteiger partial charge in [-0.15, -0.1) is 5.10 Å². The number of nitrogens with zero attached hydrogens (tertiary/aromatic N) is 5. The molecule has 23 heavy (non-hydrogen) atoms. The first-order chi connectivity index (χ1) is 11.1. The number of hydrogen-bond acceptors (Lipinski definition) is 4. The molecule has 0 saturated carbocycles. The van der Waals surface area contributed by atoms with Gasteiger partial charge in [0.05, 0.1) is 17.6 Å². The number of nitrogens with two attached hydrogens (primary N) is 1. The maximum Gasteiger partial charge on any atom is 0.244 e. The molecule has 0 bridgehead atoms. The minimum Gasteiger partial charge on any atom is -0.367 e. The van der Waals surface area contributed by atoms with Crippen molar-refractivity contribution in [1.82, 2.24) is 24.0 Å². The Balaban J connectivity index is 1.95. The number of nitrogen functional groups attached to an aromatic ring is 1. The summed E-state index contributed by atoms with van der Waals surface area (Å²) in [5.74, 6) is -0.0274. The zero-order valence-corrected chi connectivity index (χ0v) is 11.9. The van der Waals surface area contributed by atoms with Crippen LogP contribution in [0.1, 0.15) is 5.69 Å². The molecule has 0 atom stereocenters. The van der Waals surface area contributed by atoms with Gasteiger partial charge in [-0.05, 0) is 18.2 Å². The highest BCUT2D eigenvalue weighted by Gasteiger charge is 2.17. The molecule has 0 amide bonds. The Morgan fingerprint density at radius 3 is 2.87 bits per heavy atom. The number of hydrogen-bond donors (Lipinski definition) is 1. The van der Waals surface area contributed by atoms with E-state index >= 15 is 0 Å². The summed E-state index contributed by atoms with van der Waals surface area (Å²) in [5.41, 5.74) is 8.83. The maximum absolute atomic E-state index is 12.9. The predicted molar refractivity (Wildman–Crippen MR) is 81.3 cm³/mol. The quantitative estimate of drug-likeness (QED) is 0.630. The largest absolute Gasteiger partial charge is 0.367 e. The lowest BCUT2D eigenvalue weighted by Crippen LogP contribution is -2.08. The number of halogens is 2. The molecule has 8 heteroatoms. The second-order valence-electron chi connectivity index (χ2n) is 5.14. The van der Waals surface area contributed by atoms with Gasteiger partial charge in [0, 0.05) is 35.9 Å². The van der Waals surface area contributed by atoms with E-state index in [4.69, 9.17) is 5.73 Å². The van der Waals surface area contributed by atoms with E-state index in [9.17, 15) is 8.78 Å². The van der Waals surface area contributed by atoms with E-state index in [0.29, 0.717) is 5.52 Å². The van der Waals surface area contributed by atoms with Gasteiger partial charge in [-0.3, -0.25) is 0 Å². The number of fused-ring (bicyclic) bond motifs is 2. The molecule has 0 saturated heterocycles. The minimum absolute atomic E-state index is 0.0274. The van der Waals surface area contributed by atoms with Crippen LogP contribution in [0.2, 0.25) is 0 Å². The lowest BCUT2D eigenvalue weighted by Gasteiger charge is -2.08. The molecule has 6 nitrogen and oxygen atoms in total. The number of aromatic nitrogens is 5. The summed E-state index contributed by atoms with van der Waals surface area (Å²) >= 11 is 0. The Bertz CT molecular complexity index is 1000. The molecule has 0 aromatic carbocycles. The molecule has 0 aliphatic rings. The van der Waals surface area contributed by atoms with Gasteiger partial charge in [0.25, 0.3) is 0 Å². The van der Waals surface area contributed by atoms with Crippen LogP contribution in [0.25, 0.3) is 22.3 Å². The molecule has 0 unspecified atom stereocenters. The highest BCUT2D eigenvalue weighted by molar-refractivity contribution is 5.82. The van der Waals surface area contributed by atoms with Gasteiger partial charge in [-0.25, -0.2) is 23.3 Å². The van der Waals surface area contributed by atoms with Crippen LogP contribution in [0.3, 0.4) is 0 Å². The number of imidazole rings is 1. The molecule has 0 spiro atoms. The fourth-order valence-electron chi connectivity index (χ4n) is 2.72. The summed E-state index contributed by atoms with van der Waals surface area (Å²) in [6.07, 6.45) is 4.12. The van der Waals surface area contributed by atoms with Crippen molar-refractivity contribution in [3.63, 3.8) is 0 Å². The van der Waals surface area contributed by atoms with Crippen molar-refractivity contribution in [1.29, 1.82) is 0 Å². The summed E-state index contributed by atoms with van der Waals surface area (Å²) in [6.45, 7) is 0. The zero-order valence-electron chi connectivity index (χ0n) is 11.9. The molecule has 4 heterocycles. The topological polar surface area (TPSA) is 73.5 Å². The summed E-state index contributed by atoms with van der Waals surface area (Å²) in [7, 11) is 0. The average Bonchev–Trinajstić information content (AvgIpc) is 3.11. The maximum atomic E-state index is 12.9. The van der Waals surface area contributed by atoms with Crippen LogP contribution in [-0.4, -0.2) is 30.4 Å². The Kier molecular flexibility index (Phi) is 2.97. The van der Waals surface area contributed by atoms with Crippen LogP contribution < -0.4 is 5.73 Å². The summed E-state index contributed by atoms with van der Waals surface area (Å²) in [6, 6.07) is 5.57. The number of pyridine rings is 1. The normalized spacial score (nSPS) is 11.8. The molecule has 0 fully saturated rings. The summed E-state index contributed by atoms with van der Waals surface area (Å²) < 4.78 is 29.1. The monoisotopic (exact) mass is 314 g/mol. The van der Waals surface area contributed by atoms with Gasteiger partial charge in [-0.2, -0.15) is 0 Å². The standard InChI is InChI=1S/C15H12F2N6/c16-12(17)7-11-14-10(3-5-23(14)21-15(18)20-11)9-1-2-13-19-4-6-22(13)8-9/h1-6,8,12H,7H2,(H2,18,21). The molecule has 4 rings (SSSR count). The van der Waals surface area contributed by atoms with E-state index in [-0.39, 0.29) is 11.6 Å². The highest BCUT2D eigenvalue weighted by Crippen LogP contribution is 2.28. The van der Waals surface area contributed by atoms with Crippen LogP contribution in [-0.2, 0) is 6.42 Å². The van der Waals surface area contributed by atoms with E-state index in [1.54, 1.807) is 12.4 Å². The van der Waals surface area contributed by atoms with Crippen molar-refractivity contribution in [3.05, 3.63) is 48.7 Å². The second kappa shape index (κ2) is 5.01. The van der Waals surface area contributed by atoms with Crippen LogP contribution in [0.15, 0.2) is 43.0 Å². The lowest BCUT2D eigenvalue weighted by atomic mass is 10.1. The average molecular weight is 314 g/mol. The lowest BCUT2D eigenvalue weighted by molar-refractivity contribution is 0.148. The smallest absolute Gasteiger partial charge is 0.244 e. The van der Waals surface area contributed by atoms with Crippen LogP contribution >= 0.6 is 0 Å². The molecule has 2 N–H and O–H groups in total. The van der Waals surface area contributed by atoms with Crippen molar-refractivity contribution in [3.8, 4) is 11.1 Å². The van der Waals surface area contributed by atoms with E-state index in [1.807, 2.05) is 35.0 Å². The second-order valence-corrected chi connectivity index (χ2v) is 5.14. The van der Waals surface area contributed by atoms with Crippen LogP contribution in [0.5, 0.6) is 0 Å². The molecule has 0 radical (unpaired) electrons. The first kappa shape index (κ1) is 13.6. The van der Waals surface area contributed by atoms with Crippen LogP contribution in [0.4, 0.5) is 14.7 Å². The Hall–Kier alpha value is -3.03. The van der Waals surface area contributed by atoms with Gasteiger partial charge < -0.3 is 10.1 Å². The van der Waals surface area contributed by atoms with Gasteiger partial charge in [-0.1, -0.05) is 0 Å². The molecule has 0 aliphatic heterocycles. The van der Waals surface area contributed by atoms with Crippen molar-refractivity contribution in [2.24, 2.45) is 0 Å². The van der Waals surface area contributed by atoms with Crippen molar-refractivity contribution >= 4 is 17.1 Å². The summed E-state index contributed by atoms with van der Waals surface area (Å²) in [4.78, 5) is 8.19. The van der Waals surface area contributed by atoms with Gasteiger partial charge >= 0.3 is 0 Å². The van der Waals surface area contributed by atoms with E-state index < -0.39 is 12.8 Å². The first-order valence-corrected chi connectivity index (χ1v) is 6.97. The third kappa shape index (κ3) is 2.28. The molecule has 4 aromatic rings. The Morgan fingerprint density at radius 2 is 2.04 bits per heavy atom. The fraction of sp³-hybridized carbons (Fsp3) is 0.133. The fourth-order valence-corrected chi connectivity index (χ4v) is 2.72. The molecule has 4 aromatic heterocycles. The third-order valence-corrected chi connectivity index (χ3v) is 3.65. The molecular weight excluding hydrogens is 302 g/mol. The number of rotatable bonds is 3. The van der Waals surface area contributed by atoms with Gasteiger partial charge in [0.1, 0.15) is 5.65 Å². The minimum atomic E-state index is -2.51. The molecular formula is C15H12F2N6. The van der Waals surface area contributed by atoms with Gasteiger partial charge in [0.15, 0.2) is 0 Å². The highest BCUT2D eigenvalue weighted by atomic mass is 19.3. The van der Waals surface area contributed by atoms with Gasteiger partial charge in [0.2, 0.25) is 12.4 Å². The molecule has 116 valence electrons. The number of alkyl halides is 2. The SMILES string of the molecule is Nc1nc(CC(F)F)c2c(-c3ccc4nccn4c3)ccn2n1. The van der Waals surface area contributed by atoms with Crippen molar-refractivity contribution in [2.75, 3.05) is 5.73 Å².